The molecule has 0 fully saturated rings. The van der Waals surface area contributed by atoms with E-state index >= 15 is 0 Å². The number of hydrogen-bond acceptors (Lipinski definition) is 4. The summed E-state index contributed by atoms with van der Waals surface area (Å²) in [6.45, 7) is 2.66. The highest BCUT2D eigenvalue weighted by molar-refractivity contribution is 14.0. The molecule has 0 unspecified atom stereocenters. The Bertz CT molecular complexity index is 814. The number of ether oxygens (including phenoxy) is 2. The molecule has 28 heavy (non-hydrogen) atoms. The molecule has 1 aliphatic heterocycles. The van der Waals surface area contributed by atoms with Crippen molar-refractivity contribution in [1.82, 2.24) is 5.32 Å². The lowest BCUT2D eigenvalue weighted by atomic mass is 10.2. The molecular formula is C21H27IN4O2. The molecule has 0 radical (unpaired) electrons. The summed E-state index contributed by atoms with van der Waals surface area (Å²) in [5, 5.41) is 6.60. The van der Waals surface area contributed by atoms with E-state index in [4.69, 9.17) is 9.47 Å². The van der Waals surface area contributed by atoms with E-state index < -0.39 is 0 Å². The fourth-order valence-electron chi connectivity index (χ4n) is 2.93. The first-order valence-electron chi connectivity index (χ1n) is 8.92. The van der Waals surface area contributed by atoms with Crippen LogP contribution in [0.4, 0.5) is 11.4 Å². The molecule has 2 N–H and O–H groups in total. The van der Waals surface area contributed by atoms with Crippen LogP contribution in [0, 0.1) is 0 Å². The maximum Gasteiger partial charge on any atom is 0.195 e. The molecule has 0 bridgehead atoms. The second-order valence-corrected chi connectivity index (χ2v) is 6.16. The van der Waals surface area contributed by atoms with E-state index in [0.717, 1.165) is 18.8 Å². The van der Waals surface area contributed by atoms with Crippen molar-refractivity contribution in [2.75, 3.05) is 44.6 Å². The van der Waals surface area contributed by atoms with Crippen molar-refractivity contribution in [3.05, 3.63) is 60.2 Å². The quantitative estimate of drug-likeness (QED) is 0.276. The van der Waals surface area contributed by atoms with E-state index in [2.05, 4.69) is 56.9 Å². The molecule has 0 atom stereocenters. The number of halogens is 1. The molecule has 3 rings (SSSR count). The first-order valence-corrected chi connectivity index (χ1v) is 8.92. The summed E-state index contributed by atoms with van der Waals surface area (Å²) in [5.74, 6) is 2.05. The Hall–Kier alpha value is -2.42. The molecule has 0 saturated carbocycles. The molecule has 0 spiro atoms. The number of anilines is 2. The molecule has 150 valence electrons. The maximum absolute atomic E-state index is 5.34. The minimum absolute atomic E-state index is 0. The summed E-state index contributed by atoms with van der Waals surface area (Å²) in [7, 11) is 4.99. The predicted octanol–water partition coefficient (Wildman–Crippen LogP) is 3.89. The van der Waals surface area contributed by atoms with Gasteiger partial charge in [0.25, 0.3) is 0 Å². The molecule has 1 aliphatic rings. The minimum atomic E-state index is 0. The van der Waals surface area contributed by atoms with E-state index in [1.165, 1.54) is 11.3 Å². The van der Waals surface area contributed by atoms with E-state index in [1.807, 2.05) is 18.2 Å². The molecule has 0 saturated heterocycles. The van der Waals surface area contributed by atoms with Gasteiger partial charge in [-0.1, -0.05) is 24.3 Å². The van der Waals surface area contributed by atoms with Gasteiger partial charge in [-0.25, -0.2) is 0 Å². The summed E-state index contributed by atoms with van der Waals surface area (Å²) in [5.41, 5.74) is 3.32. The smallest absolute Gasteiger partial charge is 0.195 e. The molecule has 0 aliphatic carbocycles. The van der Waals surface area contributed by atoms with Crippen molar-refractivity contribution in [3.8, 4) is 11.5 Å². The highest BCUT2D eigenvalue weighted by Gasteiger charge is 2.08. The van der Waals surface area contributed by atoms with E-state index in [-0.39, 0.29) is 24.0 Å². The topological polar surface area (TPSA) is 58.1 Å². The monoisotopic (exact) mass is 494 g/mol. The standard InChI is InChI=1S/C21H26N4O2.HI/c1-22-21(24-17-8-11-19(26-2)20(14-17)27-3)23-15-16-6-9-18(10-7-16)25-12-4-5-13-25;/h4-11,14H,12-13,15H2,1-3H3,(H2,22,23,24);1H. The van der Waals surface area contributed by atoms with Crippen molar-refractivity contribution in [3.63, 3.8) is 0 Å². The minimum Gasteiger partial charge on any atom is -0.493 e. The number of benzene rings is 2. The maximum atomic E-state index is 5.34. The fraction of sp³-hybridized carbons (Fsp3) is 0.286. The zero-order valence-corrected chi connectivity index (χ0v) is 18.8. The van der Waals surface area contributed by atoms with Crippen LogP contribution in [0.1, 0.15) is 5.56 Å². The first kappa shape index (κ1) is 21.9. The molecule has 6 nitrogen and oxygen atoms in total. The summed E-state index contributed by atoms with van der Waals surface area (Å²) >= 11 is 0. The number of hydrogen-bond donors (Lipinski definition) is 2. The molecule has 2 aromatic rings. The second-order valence-electron chi connectivity index (χ2n) is 6.16. The largest absolute Gasteiger partial charge is 0.493 e. The fourth-order valence-corrected chi connectivity index (χ4v) is 2.93. The Morgan fingerprint density at radius 2 is 1.68 bits per heavy atom. The van der Waals surface area contributed by atoms with Gasteiger partial charge < -0.3 is 25.0 Å². The van der Waals surface area contributed by atoms with Crippen molar-refractivity contribution in [2.45, 2.75) is 6.54 Å². The lowest BCUT2D eigenvalue weighted by molar-refractivity contribution is 0.355. The van der Waals surface area contributed by atoms with Crippen LogP contribution in [0.5, 0.6) is 11.5 Å². The van der Waals surface area contributed by atoms with Gasteiger partial charge in [0.15, 0.2) is 17.5 Å². The van der Waals surface area contributed by atoms with Gasteiger partial charge in [0.1, 0.15) is 0 Å². The number of methoxy groups -OCH3 is 2. The molecular weight excluding hydrogens is 467 g/mol. The highest BCUT2D eigenvalue weighted by atomic mass is 127. The molecule has 1 heterocycles. The molecule has 2 aromatic carbocycles. The lowest BCUT2D eigenvalue weighted by Gasteiger charge is -2.18. The Morgan fingerprint density at radius 1 is 1.00 bits per heavy atom. The first-order chi connectivity index (χ1) is 13.2. The van der Waals surface area contributed by atoms with Gasteiger partial charge >= 0.3 is 0 Å². The molecule has 0 aromatic heterocycles. The Morgan fingerprint density at radius 3 is 2.29 bits per heavy atom. The van der Waals surface area contributed by atoms with Crippen LogP contribution < -0.4 is 25.0 Å². The third kappa shape index (κ3) is 5.54. The number of nitrogens with zero attached hydrogens (tertiary/aromatic N) is 2. The highest BCUT2D eigenvalue weighted by Crippen LogP contribution is 2.29. The zero-order chi connectivity index (χ0) is 19.1. The number of aliphatic imine (C=N–C) groups is 1. The Kier molecular flexibility index (Phi) is 8.43. The van der Waals surface area contributed by atoms with E-state index in [0.29, 0.717) is 24.0 Å². The van der Waals surface area contributed by atoms with Crippen LogP contribution >= 0.6 is 24.0 Å². The van der Waals surface area contributed by atoms with Gasteiger partial charge in [-0.2, -0.15) is 0 Å². The van der Waals surface area contributed by atoms with Gasteiger partial charge in [0, 0.05) is 44.1 Å². The lowest BCUT2D eigenvalue weighted by Crippen LogP contribution is -2.30. The van der Waals surface area contributed by atoms with Crippen molar-refractivity contribution < 1.29 is 9.47 Å². The van der Waals surface area contributed by atoms with Gasteiger partial charge in [-0.15, -0.1) is 24.0 Å². The number of rotatable bonds is 6. The summed E-state index contributed by atoms with van der Waals surface area (Å²) in [6, 6.07) is 14.3. The molecule has 7 heteroatoms. The normalized spacial score (nSPS) is 13.1. The van der Waals surface area contributed by atoms with Crippen LogP contribution in [-0.2, 0) is 6.54 Å². The number of nitrogens with one attached hydrogen (secondary N) is 2. The summed E-state index contributed by atoms with van der Waals surface area (Å²) < 4.78 is 10.6. The average molecular weight is 494 g/mol. The third-order valence-electron chi connectivity index (χ3n) is 4.45. The Labute approximate surface area is 183 Å². The SMILES string of the molecule is CN=C(NCc1ccc(N2CC=CC2)cc1)Nc1ccc(OC)c(OC)c1.I. The van der Waals surface area contributed by atoms with E-state index in [1.54, 1.807) is 21.3 Å². The molecule has 0 amide bonds. The van der Waals surface area contributed by atoms with Gasteiger partial charge in [-0.3, -0.25) is 4.99 Å². The predicted molar refractivity (Wildman–Crippen MR) is 127 cm³/mol. The second kappa shape index (κ2) is 10.8. The van der Waals surface area contributed by atoms with E-state index in [9.17, 15) is 0 Å². The van der Waals surface area contributed by atoms with Crippen LogP contribution in [-0.4, -0.2) is 40.3 Å². The van der Waals surface area contributed by atoms with Gasteiger partial charge in [-0.05, 0) is 29.8 Å². The van der Waals surface area contributed by atoms with Crippen molar-refractivity contribution in [1.29, 1.82) is 0 Å². The van der Waals surface area contributed by atoms with Crippen LogP contribution in [0.2, 0.25) is 0 Å². The van der Waals surface area contributed by atoms with Crippen LogP contribution in [0.25, 0.3) is 0 Å². The van der Waals surface area contributed by atoms with Gasteiger partial charge in [0.05, 0.1) is 14.2 Å². The van der Waals surface area contributed by atoms with Crippen molar-refractivity contribution >= 4 is 41.3 Å². The summed E-state index contributed by atoms with van der Waals surface area (Å²) in [6.07, 6.45) is 4.39. The number of guanidine groups is 1. The Balaban J connectivity index is 0.00000280. The zero-order valence-electron chi connectivity index (χ0n) is 16.4. The summed E-state index contributed by atoms with van der Waals surface area (Å²) in [4.78, 5) is 6.61. The average Bonchev–Trinajstić information content (AvgIpc) is 3.26. The third-order valence-corrected chi connectivity index (χ3v) is 4.45. The van der Waals surface area contributed by atoms with Crippen molar-refractivity contribution in [2.24, 2.45) is 4.99 Å². The van der Waals surface area contributed by atoms with Crippen LogP contribution in [0.3, 0.4) is 0 Å². The van der Waals surface area contributed by atoms with Crippen LogP contribution in [0.15, 0.2) is 59.6 Å². The van der Waals surface area contributed by atoms with Gasteiger partial charge in [0.2, 0.25) is 0 Å².